The fourth-order valence-electron chi connectivity index (χ4n) is 4.97. The summed E-state index contributed by atoms with van der Waals surface area (Å²) < 4.78 is 6.91. The molecule has 1 fully saturated rings. The average molecular weight is 424 g/mol. The maximum atomic E-state index is 12.8. The molecule has 5 heteroatoms. The van der Waals surface area contributed by atoms with E-state index in [1.807, 2.05) is 30.3 Å². The molecule has 0 unspecified atom stereocenters. The van der Waals surface area contributed by atoms with Crippen LogP contribution in [-0.4, -0.2) is 24.8 Å². The van der Waals surface area contributed by atoms with Crippen LogP contribution < -0.4 is 15.2 Å². The van der Waals surface area contributed by atoms with E-state index < -0.39 is 0 Å². The molecule has 1 aromatic heterocycles. The number of hydrogen-bond acceptors (Lipinski definition) is 4. The van der Waals surface area contributed by atoms with E-state index >= 15 is 0 Å². The van der Waals surface area contributed by atoms with Crippen molar-refractivity contribution < 1.29 is 4.74 Å². The van der Waals surface area contributed by atoms with Gasteiger partial charge in [0.15, 0.2) is 0 Å². The normalized spacial score (nSPS) is 14.6. The number of nitriles is 1. The van der Waals surface area contributed by atoms with Crippen molar-refractivity contribution in [2.24, 2.45) is 7.05 Å². The zero-order valence-electron chi connectivity index (χ0n) is 18.3. The molecular weight excluding hydrogens is 398 g/mol. The van der Waals surface area contributed by atoms with Gasteiger partial charge in [-0.2, -0.15) is 5.26 Å². The maximum absolute atomic E-state index is 12.8. The fraction of sp³-hybridized carbons (Fsp3) is 0.259. The van der Waals surface area contributed by atoms with Crippen molar-refractivity contribution in [3.63, 3.8) is 0 Å². The molecule has 160 valence electrons. The molecule has 1 saturated heterocycles. The Morgan fingerprint density at radius 2 is 1.72 bits per heavy atom. The van der Waals surface area contributed by atoms with Gasteiger partial charge in [0.05, 0.1) is 18.3 Å². The van der Waals surface area contributed by atoms with Crippen molar-refractivity contribution >= 4 is 27.4 Å². The lowest BCUT2D eigenvalue weighted by molar-refractivity contribution is 0.415. The molecule has 4 aromatic rings. The number of aryl methyl sites for hydroxylation is 1. The topological polar surface area (TPSA) is 58.3 Å². The molecule has 0 atom stereocenters. The number of aromatic nitrogens is 1. The monoisotopic (exact) mass is 423 g/mol. The van der Waals surface area contributed by atoms with Crippen LogP contribution in [0.3, 0.4) is 0 Å². The Balaban J connectivity index is 1.45. The molecule has 0 bridgehead atoms. The Hall–Kier alpha value is -3.78. The summed E-state index contributed by atoms with van der Waals surface area (Å²) in [5, 5.41) is 13.1. The van der Waals surface area contributed by atoms with Crippen LogP contribution >= 0.6 is 0 Å². The number of anilines is 1. The van der Waals surface area contributed by atoms with Crippen LogP contribution in [0.15, 0.2) is 65.5 Å². The number of rotatable bonds is 3. The standard InChI is InChI=1S/C27H25N3O2/c1-29-25-6-4-3-5-23(25)26(24(17-28)27(29)31)30-13-11-18(12-14-30)19-7-8-21-16-22(32-2)10-9-20(21)15-19/h3-10,15-16,18H,11-14H2,1-2H3. The van der Waals surface area contributed by atoms with Gasteiger partial charge in [0.25, 0.3) is 5.56 Å². The Labute approximate surface area is 187 Å². The average Bonchev–Trinajstić information content (AvgIpc) is 2.85. The largest absolute Gasteiger partial charge is 0.497 e. The summed E-state index contributed by atoms with van der Waals surface area (Å²) in [6, 6.07) is 22.9. The second-order valence-electron chi connectivity index (χ2n) is 8.45. The number of para-hydroxylation sites is 1. The summed E-state index contributed by atoms with van der Waals surface area (Å²) in [6.07, 6.45) is 1.96. The Kier molecular flexibility index (Phi) is 5.07. The minimum absolute atomic E-state index is 0.228. The number of fused-ring (bicyclic) bond motifs is 2. The number of piperidine rings is 1. The molecule has 1 aliphatic rings. The van der Waals surface area contributed by atoms with Crippen LogP contribution in [-0.2, 0) is 7.05 Å². The van der Waals surface area contributed by atoms with Crippen molar-refractivity contribution in [1.82, 2.24) is 4.57 Å². The van der Waals surface area contributed by atoms with E-state index in [4.69, 9.17) is 4.74 Å². The van der Waals surface area contributed by atoms with E-state index in [2.05, 4.69) is 41.3 Å². The van der Waals surface area contributed by atoms with E-state index in [0.717, 1.165) is 48.3 Å². The lowest BCUT2D eigenvalue weighted by atomic mass is 9.87. The molecule has 0 saturated carbocycles. The molecule has 0 radical (unpaired) electrons. The van der Waals surface area contributed by atoms with E-state index in [-0.39, 0.29) is 11.1 Å². The van der Waals surface area contributed by atoms with Crippen molar-refractivity contribution in [3.8, 4) is 11.8 Å². The van der Waals surface area contributed by atoms with Gasteiger partial charge in [0, 0.05) is 25.5 Å². The van der Waals surface area contributed by atoms with Crippen LogP contribution in [0.5, 0.6) is 5.75 Å². The third kappa shape index (κ3) is 3.29. The van der Waals surface area contributed by atoms with Gasteiger partial charge in [0.1, 0.15) is 17.4 Å². The Morgan fingerprint density at radius 3 is 2.47 bits per heavy atom. The van der Waals surface area contributed by atoms with Crippen molar-refractivity contribution in [1.29, 1.82) is 5.26 Å². The number of benzene rings is 3. The molecule has 0 aliphatic carbocycles. The van der Waals surface area contributed by atoms with Gasteiger partial charge < -0.3 is 14.2 Å². The first-order valence-electron chi connectivity index (χ1n) is 10.9. The lowest BCUT2D eigenvalue weighted by Crippen LogP contribution is -2.35. The summed E-state index contributed by atoms with van der Waals surface area (Å²) in [7, 11) is 3.42. The summed E-state index contributed by atoms with van der Waals surface area (Å²) >= 11 is 0. The first-order chi connectivity index (χ1) is 15.6. The van der Waals surface area contributed by atoms with Gasteiger partial charge in [-0.1, -0.05) is 42.5 Å². The molecule has 32 heavy (non-hydrogen) atoms. The number of hydrogen-bond donors (Lipinski definition) is 0. The zero-order chi connectivity index (χ0) is 22.2. The van der Waals surface area contributed by atoms with Gasteiger partial charge >= 0.3 is 0 Å². The van der Waals surface area contributed by atoms with Crippen LogP contribution in [0.4, 0.5) is 5.69 Å². The number of ether oxygens (including phenoxy) is 1. The minimum Gasteiger partial charge on any atom is -0.497 e. The molecule has 0 N–H and O–H groups in total. The molecule has 3 aromatic carbocycles. The van der Waals surface area contributed by atoms with Gasteiger partial charge in [-0.25, -0.2) is 0 Å². The Morgan fingerprint density at radius 1 is 1.00 bits per heavy atom. The smallest absolute Gasteiger partial charge is 0.270 e. The second kappa shape index (κ2) is 8.05. The maximum Gasteiger partial charge on any atom is 0.270 e. The summed E-state index contributed by atoms with van der Waals surface area (Å²) in [5.41, 5.74) is 3.00. The molecule has 0 amide bonds. The number of pyridine rings is 1. The number of nitrogens with zero attached hydrogens (tertiary/aromatic N) is 3. The SMILES string of the molecule is COc1ccc2cc(C3CCN(c4c(C#N)c(=O)n(C)c5ccccc45)CC3)ccc2c1. The highest BCUT2D eigenvalue weighted by Crippen LogP contribution is 2.36. The zero-order valence-corrected chi connectivity index (χ0v) is 18.3. The lowest BCUT2D eigenvalue weighted by Gasteiger charge is -2.35. The highest BCUT2D eigenvalue weighted by Gasteiger charge is 2.26. The number of methoxy groups -OCH3 is 1. The van der Waals surface area contributed by atoms with Crippen LogP contribution in [0.1, 0.15) is 29.9 Å². The Bertz CT molecular complexity index is 1420. The highest BCUT2D eigenvalue weighted by molar-refractivity contribution is 5.95. The fourth-order valence-corrected chi connectivity index (χ4v) is 4.97. The quantitative estimate of drug-likeness (QED) is 0.468. The second-order valence-corrected chi connectivity index (χ2v) is 8.45. The minimum atomic E-state index is -0.228. The third-order valence-corrected chi connectivity index (χ3v) is 6.74. The molecule has 0 spiro atoms. The van der Waals surface area contributed by atoms with Crippen molar-refractivity contribution in [2.45, 2.75) is 18.8 Å². The van der Waals surface area contributed by atoms with E-state index in [9.17, 15) is 10.1 Å². The van der Waals surface area contributed by atoms with Gasteiger partial charge in [0.2, 0.25) is 0 Å². The predicted molar refractivity (Wildman–Crippen MR) is 129 cm³/mol. The molecule has 5 rings (SSSR count). The summed E-state index contributed by atoms with van der Waals surface area (Å²) in [6.45, 7) is 1.63. The summed E-state index contributed by atoms with van der Waals surface area (Å²) in [4.78, 5) is 15.1. The molecule has 2 heterocycles. The highest BCUT2D eigenvalue weighted by atomic mass is 16.5. The van der Waals surface area contributed by atoms with Crippen molar-refractivity contribution in [2.75, 3.05) is 25.1 Å². The van der Waals surface area contributed by atoms with Crippen LogP contribution in [0.25, 0.3) is 21.7 Å². The first-order valence-corrected chi connectivity index (χ1v) is 10.9. The summed E-state index contributed by atoms with van der Waals surface area (Å²) in [5.74, 6) is 1.33. The van der Waals surface area contributed by atoms with Crippen LogP contribution in [0, 0.1) is 11.3 Å². The predicted octanol–water partition coefficient (Wildman–Crippen LogP) is 4.96. The van der Waals surface area contributed by atoms with Gasteiger partial charge in [-0.15, -0.1) is 0 Å². The van der Waals surface area contributed by atoms with E-state index in [1.54, 1.807) is 18.7 Å². The van der Waals surface area contributed by atoms with Crippen molar-refractivity contribution in [3.05, 3.63) is 82.1 Å². The molecule has 5 nitrogen and oxygen atoms in total. The first kappa shape index (κ1) is 20.1. The molecule has 1 aliphatic heterocycles. The van der Waals surface area contributed by atoms with Gasteiger partial charge in [-0.3, -0.25) is 4.79 Å². The van der Waals surface area contributed by atoms with Crippen LogP contribution in [0.2, 0.25) is 0 Å². The van der Waals surface area contributed by atoms with E-state index in [0.29, 0.717) is 5.92 Å². The third-order valence-electron chi connectivity index (χ3n) is 6.74. The van der Waals surface area contributed by atoms with Gasteiger partial charge in [-0.05, 0) is 53.3 Å². The van der Waals surface area contributed by atoms with E-state index in [1.165, 1.54) is 16.3 Å². The molecular formula is C27H25N3O2.